The van der Waals surface area contributed by atoms with Crippen LogP contribution in [0.5, 0.6) is 0 Å². The summed E-state index contributed by atoms with van der Waals surface area (Å²) in [7, 11) is 0. The zero-order valence-corrected chi connectivity index (χ0v) is 11.8. The van der Waals surface area contributed by atoms with Crippen LogP contribution >= 0.6 is 0 Å². The van der Waals surface area contributed by atoms with Crippen molar-refractivity contribution < 1.29 is 4.74 Å². The van der Waals surface area contributed by atoms with Crippen LogP contribution in [0.3, 0.4) is 0 Å². The van der Waals surface area contributed by atoms with Gasteiger partial charge in [0, 0.05) is 19.3 Å². The third kappa shape index (κ3) is 11.9. The fourth-order valence-electron chi connectivity index (χ4n) is 1.92. The van der Waals surface area contributed by atoms with Crippen molar-refractivity contribution in [1.82, 2.24) is 5.32 Å². The lowest BCUT2D eigenvalue weighted by atomic mass is 10.0. The maximum Gasteiger partial charge on any atom is 0.0480 e. The van der Waals surface area contributed by atoms with E-state index in [0.29, 0.717) is 6.04 Å². The summed E-state index contributed by atoms with van der Waals surface area (Å²) in [6, 6.07) is 0.644. The maximum absolute atomic E-state index is 5.44. The number of ether oxygens (including phenoxy) is 1. The Morgan fingerprint density at radius 1 is 1.18 bits per heavy atom. The minimum atomic E-state index is 0.644. The van der Waals surface area contributed by atoms with Gasteiger partial charge in [0.1, 0.15) is 0 Å². The normalized spacial score (nSPS) is 12.6. The highest BCUT2D eigenvalue weighted by Gasteiger charge is 2.06. The Hall–Kier alpha value is -0.340. The van der Waals surface area contributed by atoms with E-state index in [0.717, 1.165) is 32.6 Å². The van der Waals surface area contributed by atoms with Gasteiger partial charge in [0.2, 0.25) is 0 Å². The van der Waals surface area contributed by atoms with Crippen LogP contribution in [0, 0.1) is 0 Å². The van der Waals surface area contributed by atoms with Crippen LogP contribution in [0.25, 0.3) is 0 Å². The quantitative estimate of drug-likeness (QED) is 0.390. The molecule has 0 spiro atoms. The molecule has 0 amide bonds. The van der Waals surface area contributed by atoms with Crippen molar-refractivity contribution in [2.45, 2.75) is 64.8 Å². The van der Waals surface area contributed by atoms with Crippen molar-refractivity contribution in [3.8, 4) is 0 Å². The topological polar surface area (TPSA) is 21.3 Å². The van der Waals surface area contributed by atoms with Gasteiger partial charge in [0.25, 0.3) is 0 Å². The van der Waals surface area contributed by atoms with Gasteiger partial charge in [-0.25, -0.2) is 0 Å². The van der Waals surface area contributed by atoms with Crippen LogP contribution in [0.1, 0.15) is 58.8 Å². The Bertz CT molecular complexity index is 159. The molecule has 17 heavy (non-hydrogen) atoms. The first-order chi connectivity index (χ1) is 8.35. The summed E-state index contributed by atoms with van der Waals surface area (Å²) < 4.78 is 5.44. The summed E-state index contributed by atoms with van der Waals surface area (Å²) >= 11 is 0. The summed E-state index contributed by atoms with van der Waals surface area (Å²) in [5.74, 6) is 0. The summed E-state index contributed by atoms with van der Waals surface area (Å²) in [6.07, 6.45) is 10.7. The van der Waals surface area contributed by atoms with E-state index in [9.17, 15) is 0 Å². The molecule has 0 aliphatic rings. The molecule has 0 aromatic heterocycles. The average molecular weight is 241 g/mol. The van der Waals surface area contributed by atoms with Gasteiger partial charge in [-0.05, 0) is 45.6 Å². The van der Waals surface area contributed by atoms with Crippen molar-refractivity contribution in [2.24, 2.45) is 0 Å². The van der Waals surface area contributed by atoms with Gasteiger partial charge in [-0.2, -0.15) is 0 Å². The third-order valence-corrected chi connectivity index (χ3v) is 2.96. The van der Waals surface area contributed by atoms with E-state index in [4.69, 9.17) is 4.74 Å². The van der Waals surface area contributed by atoms with Gasteiger partial charge < -0.3 is 10.1 Å². The second-order valence-electron chi connectivity index (χ2n) is 4.56. The van der Waals surface area contributed by atoms with Crippen LogP contribution in [0.15, 0.2) is 12.7 Å². The molecule has 0 heterocycles. The molecule has 0 rings (SSSR count). The van der Waals surface area contributed by atoms with Gasteiger partial charge in [-0.3, -0.25) is 0 Å². The van der Waals surface area contributed by atoms with Gasteiger partial charge in [-0.1, -0.05) is 25.8 Å². The summed E-state index contributed by atoms with van der Waals surface area (Å²) in [6.45, 7) is 10.9. The van der Waals surface area contributed by atoms with Crippen LogP contribution in [0.2, 0.25) is 0 Å². The first kappa shape index (κ1) is 16.7. The lowest BCUT2D eigenvalue weighted by Gasteiger charge is -2.18. The molecule has 0 aromatic rings. The maximum atomic E-state index is 5.44. The van der Waals surface area contributed by atoms with Crippen molar-refractivity contribution in [3.63, 3.8) is 0 Å². The van der Waals surface area contributed by atoms with Crippen molar-refractivity contribution in [2.75, 3.05) is 19.8 Å². The molecule has 1 atom stereocenters. The minimum absolute atomic E-state index is 0.644. The van der Waals surface area contributed by atoms with Crippen molar-refractivity contribution in [1.29, 1.82) is 0 Å². The van der Waals surface area contributed by atoms with Crippen LogP contribution in [-0.4, -0.2) is 25.8 Å². The average Bonchev–Trinajstić information content (AvgIpc) is 2.35. The van der Waals surface area contributed by atoms with Crippen LogP contribution in [0.4, 0.5) is 0 Å². The van der Waals surface area contributed by atoms with E-state index in [1.54, 1.807) is 0 Å². The molecule has 2 heteroatoms. The highest BCUT2D eigenvalue weighted by atomic mass is 16.5. The molecule has 2 nitrogen and oxygen atoms in total. The van der Waals surface area contributed by atoms with E-state index in [1.165, 1.54) is 32.1 Å². The molecular formula is C15H31NO. The number of allylic oxidation sites excluding steroid dienone is 1. The zero-order valence-electron chi connectivity index (χ0n) is 11.8. The predicted octanol–water partition coefficient (Wildman–Crippen LogP) is 3.92. The van der Waals surface area contributed by atoms with Gasteiger partial charge in [0.15, 0.2) is 0 Å². The second-order valence-corrected chi connectivity index (χ2v) is 4.56. The Balaban J connectivity index is 3.56. The Kier molecular flexibility index (Phi) is 13.4. The van der Waals surface area contributed by atoms with Gasteiger partial charge in [-0.15, -0.1) is 6.58 Å². The summed E-state index contributed by atoms with van der Waals surface area (Å²) in [5, 5.41) is 3.62. The first-order valence-corrected chi connectivity index (χ1v) is 7.27. The van der Waals surface area contributed by atoms with E-state index < -0.39 is 0 Å². The predicted molar refractivity (Wildman–Crippen MR) is 76.5 cm³/mol. The van der Waals surface area contributed by atoms with Crippen molar-refractivity contribution >= 4 is 0 Å². The van der Waals surface area contributed by atoms with E-state index in [2.05, 4.69) is 25.7 Å². The number of hydrogen-bond donors (Lipinski definition) is 1. The number of nitrogens with one attached hydrogen (secondary N) is 1. The van der Waals surface area contributed by atoms with Crippen LogP contribution in [-0.2, 0) is 4.74 Å². The first-order valence-electron chi connectivity index (χ1n) is 7.27. The largest absolute Gasteiger partial charge is 0.382 e. The van der Waals surface area contributed by atoms with Crippen LogP contribution < -0.4 is 5.32 Å². The zero-order chi connectivity index (χ0) is 12.8. The minimum Gasteiger partial charge on any atom is -0.382 e. The highest BCUT2D eigenvalue weighted by molar-refractivity contribution is 4.69. The molecule has 0 aromatic carbocycles. The lowest BCUT2D eigenvalue weighted by Crippen LogP contribution is -2.31. The Morgan fingerprint density at radius 2 is 2.00 bits per heavy atom. The Labute approximate surface area is 108 Å². The summed E-state index contributed by atoms with van der Waals surface area (Å²) in [4.78, 5) is 0. The second kappa shape index (κ2) is 13.7. The molecule has 1 unspecified atom stereocenters. The molecule has 0 fully saturated rings. The molecule has 0 bridgehead atoms. The van der Waals surface area contributed by atoms with E-state index in [1.807, 2.05) is 6.08 Å². The number of unbranched alkanes of at least 4 members (excludes halogenated alkanes) is 3. The molecule has 0 saturated heterocycles. The smallest absolute Gasteiger partial charge is 0.0480 e. The number of hydrogen-bond acceptors (Lipinski definition) is 2. The fourth-order valence-corrected chi connectivity index (χ4v) is 1.92. The Morgan fingerprint density at radius 3 is 2.65 bits per heavy atom. The molecular weight excluding hydrogens is 210 g/mol. The molecule has 0 aliphatic heterocycles. The third-order valence-electron chi connectivity index (χ3n) is 2.96. The fraction of sp³-hybridized carbons (Fsp3) is 0.867. The van der Waals surface area contributed by atoms with Gasteiger partial charge >= 0.3 is 0 Å². The number of rotatable bonds is 13. The van der Waals surface area contributed by atoms with E-state index in [-0.39, 0.29) is 0 Å². The molecule has 0 saturated carbocycles. The SMILES string of the molecule is C=CCCCCCC(CCOCC)NCCC. The molecule has 102 valence electrons. The van der Waals surface area contributed by atoms with Crippen molar-refractivity contribution in [3.05, 3.63) is 12.7 Å². The molecule has 0 aliphatic carbocycles. The molecule has 0 radical (unpaired) electrons. The van der Waals surface area contributed by atoms with E-state index >= 15 is 0 Å². The standard InChI is InChI=1S/C15H31NO/c1-4-7-8-9-10-11-15(16-13-5-2)12-14-17-6-3/h4,15-16H,1,5-14H2,2-3H3. The van der Waals surface area contributed by atoms with Gasteiger partial charge in [0.05, 0.1) is 0 Å². The molecule has 1 N–H and O–H groups in total. The monoisotopic (exact) mass is 241 g/mol. The lowest BCUT2D eigenvalue weighted by molar-refractivity contribution is 0.135. The highest BCUT2D eigenvalue weighted by Crippen LogP contribution is 2.09. The summed E-state index contributed by atoms with van der Waals surface area (Å²) in [5.41, 5.74) is 0.